The lowest BCUT2D eigenvalue weighted by Crippen LogP contribution is -2.18. The van der Waals surface area contributed by atoms with Gasteiger partial charge in [-0.05, 0) is 46.5 Å². The lowest BCUT2D eigenvalue weighted by Gasteiger charge is -2.25. The zero-order chi connectivity index (χ0) is 18.6. The molecule has 4 aromatic rings. The average Bonchev–Trinajstić information content (AvgIpc) is 3.25. The van der Waals surface area contributed by atoms with Crippen molar-refractivity contribution in [3.8, 4) is 11.1 Å². The highest BCUT2D eigenvalue weighted by molar-refractivity contribution is 6.30. The normalized spacial score (nSPS) is 13.3. The van der Waals surface area contributed by atoms with E-state index in [0.29, 0.717) is 5.02 Å². The van der Waals surface area contributed by atoms with Crippen molar-refractivity contribution in [2.45, 2.75) is 12.1 Å². The number of aliphatic hydroxyl groups is 1. The second-order valence-corrected chi connectivity index (χ2v) is 6.75. The van der Waals surface area contributed by atoms with Gasteiger partial charge in [0, 0.05) is 29.8 Å². The highest BCUT2D eigenvalue weighted by atomic mass is 35.5. The predicted octanol–water partition coefficient (Wildman–Crippen LogP) is 4.92. The van der Waals surface area contributed by atoms with E-state index in [2.05, 4.69) is 9.97 Å². The number of hydrogen-bond acceptors (Lipinski definition) is 3. The minimum absolute atomic E-state index is 0.295. The average molecular weight is 376 g/mol. The number of halogens is 1. The molecule has 0 saturated carbocycles. The van der Waals surface area contributed by atoms with Gasteiger partial charge >= 0.3 is 0 Å². The first-order chi connectivity index (χ1) is 13.2. The second kappa shape index (κ2) is 7.74. The third-order valence-corrected chi connectivity index (χ3v) is 4.87. The van der Waals surface area contributed by atoms with Crippen molar-refractivity contribution in [2.24, 2.45) is 0 Å². The monoisotopic (exact) mass is 375 g/mol. The minimum atomic E-state index is -0.730. The number of benzene rings is 2. The molecule has 0 fully saturated rings. The van der Waals surface area contributed by atoms with Gasteiger partial charge in [-0.2, -0.15) is 0 Å². The molecule has 4 rings (SSSR count). The minimum Gasteiger partial charge on any atom is -0.386 e. The van der Waals surface area contributed by atoms with Crippen molar-refractivity contribution in [3.05, 3.63) is 108 Å². The van der Waals surface area contributed by atoms with Gasteiger partial charge in [-0.15, -0.1) is 0 Å². The summed E-state index contributed by atoms with van der Waals surface area (Å²) in [5, 5.41) is 11.8. The summed E-state index contributed by atoms with van der Waals surface area (Å²) in [5.74, 6) is 0. The molecule has 5 heteroatoms. The standard InChI is InChI=1S/C22H18ClN3O/c23-20-7-5-18(6-8-20)21(26-14-13-25-15-26)22(27)19-3-1-16(2-4-19)17-9-11-24-12-10-17/h1-15,21-22,27H. The quantitative estimate of drug-likeness (QED) is 0.538. The Labute approximate surface area is 162 Å². The lowest BCUT2D eigenvalue weighted by atomic mass is 9.94. The Morgan fingerprint density at radius 3 is 2.00 bits per heavy atom. The van der Waals surface area contributed by atoms with E-state index in [1.807, 2.05) is 71.4 Å². The maximum Gasteiger partial charge on any atom is 0.104 e. The van der Waals surface area contributed by atoms with Crippen LogP contribution < -0.4 is 0 Å². The number of aliphatic hydroxyl groups excluding tert-OH is 1. The molecule has 0 spiro atoms. The van der Waals surface area contributed by atoms with Crippen LogP contribution in [0.3, 0.4) is 0 Å². The van der Waals surface area contributed by atoms with Crippen LogP contribution in [0.5, 0.6) is 0 Å². The fraction of sp³-hybridized carbons (Fsp3) is 0.0909. The topological polar surface area (TPSA) is 50.9 Å². The third-order valence-electron chi connectivity index (χ3n) is 4.62. The van der Waals surface area contributed by atoms with Crippen LogP contribution in [0, 0.1) is 0 Å². The number of rotatable bonds is 5. The van der Waals surface area contributed by atoms with Crippen LogP contribution in [-0.4, -0.2) is 19.6 Å². The highest BCUT2D eigenvalue weighted by Gasteiger charge is 2.24. The molecule has 4 nitrogen and oxygen atoms in total. The summed E-state index contributed by atoms with van der Waals surface area (Å²) in [4.78, 5) is 8.19. The molecule has 2 aromatic heterocycles. The number of hydrogen-bond donors (Lipinski definition) is 1. The van der Waals surface area contributed by atoms with Gasteiger partial charge in [0.1, 0.15) is 6.10 Å². The third kappa shape index (κ3) is 3.77. The maximum absolute atomic E-state index is 11.1. The van der Waals surface area contributed by atoms with Crippen molar-refractivity contribution in [1.29, 1.82) is 0 Å². The van der Waals surface area contributed by atoms with E-state index in [1.54, 1.807) is 24.9 Å². The van der Waals surface area contributed by atoms with E-state index >= 15 is 0 Å². The van der Waals surface area contributed by atoms with Gasteiger partial charge in [0.15, 0.2) is 0 Å². The molecule has 2 aromatic carbocycles. The molecule has 0 aliphatic heterocycles. The summed E-state index contributed by atoms with van der Waals surface area (Å²) in [6, 6.07) is 19.1. The summed E-state index contributed by atoms with van der Waals surface area (Å²) < 4.78 is 1.91. The summed E-state index contributed by atoms with van der Waals surface area (Å²) in [6.45, 7) is 0. The van der Waals surface area contributed by atoms with E-state index in [1.165, 1.54) is 0 Å². The van der Waals surface area contributed by atoms with Gasteiger partial charge in [0.25, 0.3) is 0 Å². The van der Waals surface area contributed by atoms with Crippen molar-refractivity contribution < 1.29 is 5.11 Å². The van der Waals surface area contributed by atoms with Crippen LogP contribution >= 0.6 is 11.6 Å². The number of nitrogens with zero attached hydrogens (tertiary/aromatic N) is 3. The number of aromatic nitrogens is 3. The molecule has 0 aliphatic carbocycles. The molecule has 27 heavy (non-hydrogen) atoms. The van der Waals surface area contributed by atoms with Crippen LogP contribution in [0.25, 0.3) is 11.1 Å². The first-order valence-corrected chi connectivity index (χ1v) is 9.01. The largest absolute Gasteiger partial charge is 0.386 e. The summed E-state index contributed by atoms with van der Waals surface area (Å²) in [7, 11) is 0. The van der Waals surface area contributed by atoms with E-state index in [4.69, 9.17) is 11.6 Å². The zero-order valence-corrected chi connectivity index (χ0v) is 15.2. The van der Waals surface area contributed by atoms with Crippen LogP contribution in [0.1, 0.15) is 23.3 Å². The van der Waals surface area contributed by atoms with Crippen molar-refractivity contribution in [1.82, 2.24) is 14.5 Å². The summed E-state index contributed by atoms with van der Waals surface area (Å²) >= 11 is 6.03. The molecule has 0 saturated heterocycles. The molecule has 0 aliphatic rings. The van der Waals surface area contributed by atoms with Crippen LogP contribution in [0.15, 0.2) is 91.8 Å². The summed E-state index contributed by atoms with van der Waals surface area (Å²) in [6.07, 6.45) is 8.09. The Morgan fingerprint density at radius 2 is 1.37 bits per heavy atom. The first kappa shape index (κ1) is 17.5. The van der Waals surface area contributed by atoms with Gasteiger partial charge in [-0.25, -0.2) is 4.98 Å². The number of pyridine rings is 1. The predicted molar refractivity (Wildman–Crippen MR) is 106 cm³/mol. The van der Waals surface area contributed by atoms with Crippen molar-refractivity contribution in [3.63, 3.8) is 0 Å². The van der Waals surface area contributed by atoms with Gasteiger partial charge in [-0.1, -0.05) is 48.0 Å². The summed E-state index contributed by atoms with van der Waals surface area (Å²) in [5.41, 5.74) is 3.97. The van der Waals surface area contributed by atoms with E-state index in [-0.39, 0.29) is 6.04 Å². The first-order valence-electron chi connectivity index (χ1n) is 8.64. The maximum atomic E-state index is 11.1. The van der Waals surface area contributed by atoms with E-state index in [9.17, 15) is 5.11 Å². The Hall–Kier alpha value is -2.95. The molecule has 134 valence electrons. The molecule has 0 amide bonds. The van der Waals surface area contributed by atoms with E-state index in [0.717, 1.165) is 22.3 Å². The molecule has 0 radical (unpaired) electrons. The second-order valence-electron chi connectivity index (χ2n) is 6.31. The van der Waals surface area contributed by atoms with Crippen molar-refractivity contribution >= 4 is 11.6 Å². The van der Waals surface area contributed by atoms with Crippen LogP contribution in [0.4, 0.5) is 0 Å². The van der Waals surface area contributed by atoms with E-state index < -0.39 is 6.10 Å². The van der Waals surface area contributed by atoms with Gasteiger partial charge in [0.2, 0.25) is 0 Å². The molecule has 2 heterocycles. The fourth-order valence-corrected chi connectivity index (χ4v) is 3.34. The van der Waals surface area contributed by atoms with Crippen LogP contribution in [-0.2, 0) is 0 Å². The Bertz CT molecular complexity index is 984. The Balaban J connectivity index is 1.67. The molecule has 2 atom stereocenters. The van der Waals surface area contributed by atoms with Crippen LogP contribution in [0.2, 0.25) is 5.02 Å². The highest BCUT2D eigenvalue weighted by Crippen LogP contribution is 2.33. The smallest absolute Gasteiger partial charge is 0.104 e. The molecule has 0 bridgehead atoms. The molecular weight excluding hydrogens is 358 g/mol. The number of imidazole rings is 1. The zero-order valence-electron chi connectivity index (χ0n) is 14.5. The Kier molecular flexibility index (Phi) is 5.01. The van der Waals surface area contributed by atoms with Gasteiger partial charge in [0.05, 0.1) is 12.4 Å². The fourth-order valence-electron chi connectivity index (χ4n) is 3.21. The molecular formula is C22H18ClN3O. The lowest BCUT2D eigenvalue weighted by molar-refractivity contribution is 0.131. The molecule has 1 N–H and O–H groups in total. The van der Waals surface area contributed by atoms with Gasteiger partial charge < -0.3 is 9.67 Å². The Morgan fingerprint density at radius 1 is 0.741 bits per heavy atom. The molecule has 2 unspecified atom stereocenters. The van der Waals surface area contributed by atoms with Crippen molar-refractivity contribution in [2.75, 3.05) is 0 Å². The SMILES string of the molecule is OC(c1ccc(-c2ccncc2)cc1)C(c1ccc(Cl)cc1)n1ccnc1. The van der Waals surface area contributed by atoms with Gasteiger partial charge in [-0.3, -0.25) is 4.98 Å².